The van der Waals surface area contributed by atoms with Gasteiger partial charge >= 0.3 is 0 Å². The summed E-state index contributed by atoms with van der Waals surface area (Å²) in [6.45, 7) is 3.23. The van der Waals surface area contributed by atoms with Crippen molar-refractivity contribution in [2.45, 2.75) is 6.42 Å². The van der Waals surface area contributed by atoms with Crippen molar-refractivity contribution < 1.29 is 0 Å². The zero-order valence-electron chi connectivity index (χ0n) is 7.21. The maximum atomic E-state index is 3.30. The zero-order valence-corrected chi connectivity index (χ0v) is 8.03. The van der Waals surface area contributed by atoms with Crippen LogP contribution in [0.4, 0.5) is 0 Å². The average Bonchev–Trinajstić information content (AvgIpc) is 2.56. The zero-order chi connectivity index (χ0) is 8.67. The molecular formula is C11H10NS. The number of hydrogen-bond acceptors (Lipinski definition) is 2. The van der Waals surface area contributed by atoms with Gasteiger partial charge in [-0.05, 0) is 23.4 Å². The highest BCUT2D eigenvalue weighted by atomic mass is 32.1. The van der Waals surface area contributed by atoms with Gasteiger partial charge in [0.1, 0.15) is 0 Å². The minimum atomic E-state index is 1.08. The molecule has 0 bridgehead atoms. The third-order valence-electron chi connectivity index (χ3n) is 2.45. The molecule has 13 heavy (non-hydrogen) atoms. The molecule has 0 saturated heterocycles. The molecule has 0 unspecified atom stereocenters. The Labute approximate surface area is 81.4 Å². The quantitative estimate of drug-likeness (QED) is 0.670. The van der Waals surface area contributed by atoms with E-state index in [-0.39, 0.29) is 0 Å². The smallest absolute Gasteiger partial charge is 0.0536 e. The highest BCUT2D eigenvalue weighted by Gasteiger charge is 2.14. The number of thiophene rings is 1. The maximum Gasteiger partial charge on any atom is 0.0536 e. The lowest BCUT2D eigenvalue weighted by atomic mass is 10.1. The van der Waals surface area contributed by atoms with Gasteiger partial charge in [0.25, 0.3) is 0 Å². The van der Waals surface area contributed by atoms with Gasteiger partial charge < -0.3 is 5.32 Å². The minimum absolute atomic E-state index is 1.08. The second kappa shape index (κ2) is 2.82. The monoisotopic (exact) mass is 188 g/mol. The Kier molecular flexibility index (Phi) is 1.64. The lowest BCUT2D eigenvalue weighted by molar-refractivity contribution is 0.767. The SMILES string of the molecule is [CH]1NCCc2sc3ccccc3c21. The van der Waals surface area contributed by atoms with E-state index < -0.39 is 0 Å². The molecule has 1 nitrogen and oxygen atoms in total. The number of benzene rings is 1. The summed E-state index contributed by atoms with van der Waals surface area (Å²) in [5, 5.41) is 4.70. The molecule has 1 aromatic heterocycles. The van der Waals surface area contributed by atoms with E-state index in [4.69, 9.17) is 0 Å². The highest BCUT2D eigenvalue weighted by molar-refractivity contribution is 7.19. The Hall–Kier alpha value is -0.860. The molecule has 0 saturated carbocycles. The van der Waals surface area contributed by atoms with Crippen LogP contribution in [-0.2, 0) is 6.42 Å². The van der Waals surface area contributed by atoms with E-state index in [1.807, 2.05) is 11.3 Å². The Bertz CT molecular complexity index is 444. The first-order valence-corrected chi connectivity index (χ1v) is 5.34. The topological polar surface area (TPSA) is 12.0 Å². The van der Waals surface area contributed by atoms with Gasteiger partial charge in [-0.3, -0.25) is 0 Å². The fourth-order valence-electron chi connectivity index (χ4n) is 1.82. The molecule has 65 valence electrons. The predicted octanol–water partition coefficient (Wildman–Crippen LogP) is 2.56. The Balaban J connectivity index is 2.34. The molecule has 1 N–H and O–H groups in total. The van der Waals surface area contributed by atoms with Crippen molar-refractivity contribution in [1.82, 2.24) is 5.32 Å². The van der Waals surface area contributed by atoms with Crippen molar-refractivity contribution in [3.8, 4) is 0 Å². The van der Waals surface area contributed by atoms with E-state index in [9.17, 15) is 0 Å². The molecule has 1 aliphatic heterocycles. The second-order valence-electron chi connectivity index (χ2n) is 3.28. The highest BCUT2D eigenvalue weighted by Crippen LogP contribution is 2.33. The Morgan fingerprint density at radius 1 is 1.23 bits per heavy atom. The molecule has 3 rings (SSSR count). The Morgan fingerprint density at radius 2 is 2.15 bits per heavy atom. The van der Waals surface area contributed by atoms with Gasteiger partial charge in [-0.25, -0.2) is 0 Å². The van der Waals surface area contributed by atoms with Gasteiger partial charge in [-0.2, -0.15) is 0 Å². The fourth-order valence-corrected chi connectivity index (χ4v) is 3.00. The van der Waals surface area contributed by atoms with Gasteiger partial charge in [0.05, 0.1) is 6.54 Å². The molecule has 0 fully saturated rings. The number of rotatable bonds is 0. The number of nitrogens with one attached hydrogen (secondary N) is 1. The lowest BCUT2D eigenvalue weighted by Crippen LogP contribution is -2.19. The molecule has 0 aliphatic carbocycles. The molecule has 1 aliphatic rings. The van der Waals surface area contributed by atoms with Crippen LogP contribution < -0.4 is 5.32 Å². The van der Waals surface area contributed by atoms with Gasteiger partial charge in [-0.1, -0.05) is 18.2 Å². The van der Waals surface area contributed by atoms with Crippen molar-refractivity contribution in [3.63, 3.8) is 0 Å². The van der Waals surface area contributed by atoms with Crippen molar-refractivity contribution in [2.24, 2.45) is 0 Å². The first kappa shape index (κ1) is 7.54. The van der Waals surface area contributed by atoms with E-state index in [2.05, 4.69) is 36.1 Å². The largest absolute Gasteiger partial charge is 0.308 e. The average molecular weight is 188 g/mol. The summed E-state index contributed by atoms with van der Waals surface area (Å²) < 4.78 is 1.41. The van der Waals surface area contributed by atoms with Crippen LogP contribution in [0.5, 0.6) is 0 Å². The van der Waals surface area contributed by atoms with Gasteiger partial charge in [-0.15, -0.1) is 11.3 Å². The number of hydrogen-bond donors (Lipinski definition) is 1. The lowest BCUT2D eigenvalue weighted by Gasteiger charge is -2.11. The molecule has 0 atom stereocenters. The summed E-state index contributed by atoms with van der Waals surface area (Å²) in [5.74, 6) is 0. The summed E-state index contributed by atoms with van der Waals surface area (Å²) in [5.41, 5.74) is 1.41. The summed E-state index contributed by atoms with van der Waals surface area (Å²) in [7, 11) is 0. The first-order valence-electron chi connectivity index (χ1n) is 4.52. The van der Waals surface area contributed by atoms with Crippen molar-refractivity contribution in [2.75, 3.05) is 6.54 Å². The fraction of sp³-hybridized carbons (Fsp3) is 0.182. The van der Waals surface area contributed by atoms with Crippen LogP contribution in [0.1, 0.15) is 10.4 Å². The molecule has 2 heterocycles. The van der Waals surface area contributed by atoms with Crippen LogP contribution in [0.25, 0.3) is 10.1 Å². The van der Waals surface area contributed by atoms with E-state index >= 15 is 0 Å². The van der Waals surface area contributed by atoms with E-state index in [1.54, 1.807) is 0 Å². The van der Waals surface area contributed by atoms with Crippen LogP contribution in [0.3, 0.4) is 0 Å². The summed E-state index contributed by atoms with van der Waals surface area (Å²) in [4.78, 5) is 1.53. The first-order chi connectivity index (χ1) is 6.45. The third kappa shape index (κ3) is 1.10. The Morgan fingerprint density at radius 3 is 3.15 bits per heavy atom. The van der Waals surface area contributed by atoms with Crippen molar-refractivity contribution in [1.29, 1.82) is 0 Å². The summed E-state index contributed by atoms with van der Waals surface area (Å²) >= 11 is 1.93. The molecule has 2 aromatic rings. The summed E-state index contributed by atoms with van der Waals surface area (Å²) in [6, 6.07) is 8.62. The van der Waals surface area contributed by atoms with E-state index in [0.29, 0.717) is 0 Å². The van der Waals surface area contributed by atoms with Gasteiger partial charge in [0, 0.05) is 16.1 Å². The standard InChI is InChI=1S/C11H10NS/c1-2-4-10-8(3-1)9-7-12-6-5-11(9)13-10/h1-4,7,12H,5-6H2. The van der Waals surface area contributed by atoms with Crippen molar-refractivity contribution in [3.05, 3.63) is 41.3 Å². The van der Waals surface area contributed by atoms with E-state index in [0.717, 1.165) is 6.54 Å². The van der Waals surface area contributed by atoms with Crippen molar-refractivity contribution >= 4 is 21.4 Å². The molecule has 2 heteroatoms. The molecule has 1 aromatic carbocycles. The summed E-state index contributed by atoms with van der Waals surface area (Å²) in [6.07, 6.45) is 1.17. The van der Waals surface area contributed by atoms with Crippen LogP contribution in [0.15, 0.2) is 24.3 Å². The number of fused-ring (bicyclic) bond motifs is 3. The van der Waals surface area contributed by atoms with Crippen LogP contribution in [0, 0.1) is 6.54 Å². The van der Waals surface area contributed by atoms with Crippen LogP contribution >= 0.6 is 11.3 Å². The maximum absolute atomic E-state index is 3.30. The normalized spacial score (nSPS) is 16.0. The second-order valence-corrected chi connectivity index (χ2v) is 4.42. The van der Waals surface area contributed by atoms with Crippen LogP contribution in [0.2, 0.25) is 0 Å². The van der Waals surface area contributed by atoms with E-state index in [1.165, 1.54) is 26.9 Å². The van der Waals surface area contributed by atoms with Crippen LogP contribution in [-0.4, -0.2) is 6.54 Å². The molecule has 0 amide bonds. The molecule has 0 spiro atoms. The third-order valence-corrected chi connectivity index (χ3v) is 3.70. The predicted molar refractivity (Wildman–Crippen MR) is 56.9 cm³/mol. The minimum Gasteiger partial charge on any atom is -0.308 e. The van der Waals surface area contributed by atoms with Gasteiger partial charge in [0.15, 0.2) is 0 Å². The van der Waals surface area contributed by atoms with Gasteiger partial charge in [0.2, 0.25) is 0 Å². The molecular weight excluding hydrogens is 178 g/mol. The molecule has 1 radical (unpaired) electrons.